The van der Waals surface area contributed by atoms with E-state index >= 15 is 0 Å². The van der Waals surface area contributed by atoms with Crippen molar-refractivity contribution < 1.29 is 28.6 Å². The van der Waals surface area contributed by atoms with Gasteiger partial charge in [-0.15, -0.1) is 0 Å². The van der Waals surface area contributed by atoms with Crippen LogP contribution in [-0.4, -0.2) is 11.1 Å². The van der Waals surface area contributed by atoms with E-state index in [1.165, 1.54) is 44.9 Å². The molecular formula is C18H32Cl2CrO4. The van der Waals surface area contributed by atoms with Crippen LogP contribution < -0.4 is 0 Å². The molecule has 0 bridgehead atoms. The minimum atomic E-state index is -4.31. The number of carbonyl (C=O) groups is 1. The molecule has 0 unspecified atom stereocenters. The summed E-state index contributed by atoms with van der Waals surface area (Å²) in [7, 11) is 8.68. The third kappa shape index (κ3) is 40.0. The zero-order chi connectivity index (χ0) is 19.4. The van der Waals surface area contributed by atoms with E-state index in [0.29, 0.717) is 6.42 Å². The minimum absolute atomic E-state index is 0.324. The number of aliphatic carboxylic acids is 1. The summed E-state index contributed by atoms with van der Waals surface area (Å²) in [4.78, 5) is 10.3. The summed E-state index contributed by atoms with van der Waals surface area (Å²) in [5.74, 6) is -0.671. The SMILES string of the molecule is CCCCC/C=C\C/C=C\CCCCCCCC(=O)O.[O]=[Cr](=[O])([Cl])[Cl]. The second-order valence-electron chi connectivity index (χ2n) is 5.75. The van der Waals surface area contributed by atoms with E-state index in [4.69, 9.17) is 5.11 Å². The van der Waals surface area contributed by atoms with Crippen LogP contribution in [-0.2, 0) is 23.5 Å². The molecule has 0 amide bonds. The summed E-state index contributed by atoms with van der Waals surface area (Å²) in [6.07, 6.45) is 22.3. The first kappa shape index (κ1) is 26.9. The Kier molecular flexibility index (Phi) is 21.5. The van der Waals surface area contributed by atoms with Gasteiger partial charge in [0.25, 0.3) is 0 Å². The maximum atomic E-state index is 10.3. The van der Waals surface area contributed by atoms with Crippen molar-refractivity contribution in [3.05, 3.63) is 24.3 Å². The maximum absolute atomic E-state index is 10.3. The fourth-order valence-corrected chi connectivity index (χ4v) is 2.09. The van der Waals surface area contributed by atoms with Gasteiger partial charge in [0.1, 0.15) is 0 Å². The molecule has 7 heteroatoms. The van der Waals surface area contributed by atoms with Gasteiger partial charge in [-0.05, 0) is 38.5 Å². The van der Waals surface area contributed by atoms with Gasteiger partial charge in [0.15, 0.2) is 0 Å². The third-order valence-electron chi connectivity index (χ3n) is 3.34. The normalized spacial score (nSPS) is 11.6. The van der Waals surface area contributed by atoms with Gasteiger partial charge in [0.2, 0.25) is 0 Å². The molecule has 0 aromatic rings. The van der Waals surface area contributed by atoms with Gasteiger partial charge in [0.05, 0.1) is 0 Å². The van der Waals surface area contributed by atoms with Gasteiger partial charge in [-0.2, -0.15) is 0 Å². The molecule has 0 saturated heterocycles. The first-order chi connectivity index (χ1) is 11.8. The Bertz CT molecular complexity index is 452. The van der Waals surface area contributed by atoms with Crippen LogP contribution >= 0.6 is 20.1 Å². The predicted molar refractivity (Wildman–Crippen MR) is 100 cm³/mol. The molecule has 0 saturated carbocycles. The van der Waals surface area contributed by atoms with Gasteiger partial charge in [-0.3, -0.25) is 4.79 Å². The number of hydrogen-bond donors (Lipinski definition) is 1. The summed E-state index contributed by atoms with van der Waals surface area (Å²) in [5.41, 5.74) is 0. The molecule has 0 aliphatic carbocycles. The quantitative estimate of drug-likeness (QED) is 0.235. The Balaban J connectivity index is 0. The number of unbranched alkanes of at least 4 members (excludes halogenated alkanes) is 8. The van der Waals surface area contributed by atoms with Crippen LogP contribution in [0.1, 0.15) is 84.0 Å². The van der Waals surface area contributed by atoms with Crippen LogP contribution in [0.3, 0.4) is 0 Å². The first-order valence-corrected chi connectivity index (χ1v) is 13.5. The van der Waals surface area contributed by atoms with Gasteiger partial charge in [-0.25, -0.2) is 0 Å². The topological polar surface area (TPSA) is 71.4 Å². The number of carboxylic acid groups (broad SMARTS) is 1. The molecular weight excluding hydrogens is 403 g/mol. The van der Waals surface area contributed by atoms with Crippen LogP contribution in [0.4, 0.5) is 0 Å². The predicted octanol–water partition coefficient (Wildman–Crippen LogP) is 7.02. The van der Waals surface area contributed by atoms with Crippen molar-refractivity contribution >= 4 is 26.1 Å². The van der Waals surface area contributed by atoms with Crippen molar-refractivity contribution in [3.63, 3.8) is 0 Å². The zero-order valence-electron chi connectivity index (χ0n) is 15.1. The molecule has 0 radical (unpaired) electrons. The second kappa shape index (κ2) is 20.0. The van der Waals surface area contributed by atoms with Crippen molar-refractivity contribution in [3.8, 4) is 0 Å². The average molecular weight is 435 g/mol. The van der Waals surface area contributed by atoms with Gasteiger partial charge < -0.3 is 5.11 Å². The molecule has 4 nitrogen and oxygen atoms in total. The Hall–Kier alpha value is -0.338. The third-order valence-corrected chi connectivity index (χ3v) is 3.34. The van der Waals surface area contributed by atoms with Crippen molar-refractivity contribution in [2.45, 2.75) is 84.0 Å². The van der Waals surface area contributed by atoms with E-state index in [1.807, 2.05) is 0 Å². The Morgan fingerprint density at radius 2 is 1.28 bits per heavy atom. The van der Waals surface area contributed by atoms with Gasteiger partial charge in [-0.1, -0.05) is 63.3 Å². The Morgan fingerprint density at radius 3 is 1.76 bits per heavy atom. The van der Waals surface area contributed by atoms with Crippen molar-refractivity contribution in [2.75, 3.05) is 0 Å². The number of rotatable bonds is 14. The number of halogens is 2. The molecule has 0 aliphatic heterocycles. The molecule has 0 heterocycles. The van der Waals surface area contributed by atoms with E-state index in [-0.39, 0.29) is 0 Å². The molecule has 0 rings (SSSR count). The Labute approximate surface area is 162 Å². The van der Waals surface area contributed by atoms with Crippen LogP contribution in [0.15, 0.2) is 24.3 Å². The first-order valence-electron chi connectivity index (χ1n) is 8.93. The number of allylic oxidation sites excluding steroid dienone is 4. The molecule has 25 heavy (non-hydrogen) atoms. The molecule has 0 aromatic heterocycles. The molecule has 0 aromatic carbocycles. The van der Waals surface area contributed by atoms with Crippen molar-refractivity contribution in [2.24, 2.45) is 0 Å². The number of carboxylic acids is 1. The van der Waals surface area contributed by atoms with Crippen molar-refractivity contribution in [1.82, 2.24) is 0 Å². The molecule has 0 aliphatic rings. The molecule has 0 fully saturated rings. The van der Waals surface area contributed by atoms with Crippen LogP contribution in [0.25, 0.3) is 0 Å². The van der Waals surface area contributed by atoms with Gasteiger partial charge in [0, 0.05) is 6.42 Å². The molecule has 1 N–H and O–H groups in total. The number of hydrogen-bond acceptors (Lipinski definition) is 3. The fourth-order valence-electron chi connectivity index (χ4n) is 2.09. The monoisotopic (exact) mass is 434 g/mol. The summed E-state index contributed by atoms with van der Waals surface area (Å²) in [5, 5.41) is 8.50. The molecule has 0 spiro atoms. The van der Waals surface area contributed by atoms with Crippen LogP contribution in [0.2, 0.25) is 0 Å². The summed E-state index contributed by atoms with van der Waals surface area (Å²) < 4.78 is 18.5. The molecule has 0 atom stereocenters. The van der Waals surface area contributed by atoms with Crippen LogP contribution in [0, 0.1) is 0 Å². The zero-order valence-corrected chi connectivity index (χ0v) is 17.9. The summed E-state index contributed by atoms with van der Waals surface area (Å²) >= 11 is -4.31. The van der Waals surface area contributed by atoms with Crippen LogP contribution in [0.5, 0.6) is 0 Å². The summed E-state index contributed by atoms with van der Waals surface area (Å²) in [6, 6.07) is 0. The fraction of sp³-hybridized carbons (Fsp3) is 0.722. The average Bonchev–Trinajstić information content (AvgIpc) is 2.49. The standard InChI is InChI=1S/C18H32O2.2ClH.Cr.2O/c1-2-3-4-5-6-7-8-9-10-11-12-13-14-15-16-17-18(19)20;;;;;/h6-7,9-10H,2-5,8,11-17H2,1H3,(H,19,20);2*1H;;;/q;;;+2;;/p-2/b7-6-,10-9-;;;;;. The van der Waals surface area contributed by atoms with Crippen molar-refractivity contribution in [1.29, 1.82) is 0 Å². The van der Waals surface area contributed by atoms with E-state index in [9.17, 15) is 12.4 Å². The molecule has 148 valence electrons. The van der Waals surface area contributed by atoms with Gasteiger partial charge >= 0.3 is 44.8 Å². The van der Waals surface area contributed by atoms with E-state index < -0.39 is 17.1 Å². The summed E-state index contributed by atoms with van der Waals surface area (Å²) in [6.45, 7) is 2.23. The second-order valence-corrected chi connectivity index (χ2v) is 10.9. The van der Waals surface area contributed by atoms with E-state index in [1.54, 1.807) is 0 Å². The van der Waals surface area contributed by atoms with E-state index in [0.717, 1.165) is 25.7 Å². The Morgan fingerprint density at radius 1 is 0.840 bits per heavy atom. The van der Waals surface area contributed by atoms with E-state index in [2.05, 4.69) is 51.3 Å².